The van der Waals surface area contributed by atoms with E-state index >= 15 is 0 Å². The average molecular weight is 290 g/mol. The summed E-state index contributed by atoms with van der Waals surface area (Å²) >= 11 is 4.84. The van der Waals surface area contributed by atoms with Crippen molar-refractivity contribution in [3.8, 4) is 0 Å². The lowest BCUT2D eigenvalue weighted by Crippen LogP contribution is -2.21. The molecule has 0 spiro atoms. The third-order valence-corrected chi connectivity index (χ3v) is 3.10. The number of nitrogens with one attached hydrogen (secondary N) is 3. The van der Waals surface area contributed by atoms with E-state index in [1.54, 1.807) is 6.21 Å². The van der Waals surface area contributed by atoms with Gasteiger partial charge in [-0.25, -0.2) is 5.43 Å². The predicted molar refractivity (Wildman–Crippen MR) is 85.0 cm³/mol. The number of hydrazone groups is 1. The third kappa shape index (κ3) is 3.67. The molecule has 0 unspecified atom stereocenters. The van der Waals surface area contributed by atoms with Crippen molar-refractivity contribution >= 4 is 30.1 Å². The molecular formula is C13H18N6S. The summed E-state index contributed by atoms with van der Waals surface area (Å²) in [4.78, 5) is 6.27. The summed E-state index contributed by atoms with van der Waals surface area (Å²) < 4.78 is 0.395. The first-order chi connectivity index (χ1) is 9.72. The van der Waals surface area contributed by atoms with Crippen LogP contribution in [0.2, 0.25) is 0 Å². The normalized spacial score (nSPS) is 10.9. The van der Waals surface area contributed by atoms with Gasteiger partial charge in [-0.2, -0.15) is 10.1 Å². The molecule has 0 aliphatic carbocycles. The van der Waals surface area contributed by atoms with E-state index in [0.717, 1.165) is 18.7 Å². The molecule has 0 amide bonds. The molecular weight excluding hydrogens is 272 g/mol. The molecule has 2 aromatic rings. The van der Waals surface area contributed by atoms with Crippen LogP contribution in [0.25, 0.3) is 0 Å². The minimum Gasteiger partial charge on any atom is -0.372 e. The fourth-order valence-electron chi connectivity index (χ4n) is 1.85. The van der Waals surface area contributed by atoms with E-state index in [2.05, 4.69) is 56.6 Å². The molecule has 0 aliphatic rings. The number of anilines is 2. The molecule has 0 bridgehead atoms. The van der Waals surface area contributed by atoms with Crippen LogP contribution in [0.3, 0.4) is 0 Å². The lowest BCUT2D eigenvalue weighted by Gasteiger charge is -2.20. The van der Waals surface area contributed by atoms with Crippen LogP contribution < -0.4 is 10.3 Å². The van der Waals surface area contributed by atoms with Crippen molar-refractivity contribution in [3.63, 3.8) is 0 Å². The molecule has 0 radical (unpaired) electrons. The van der Waals surface area contributed by atoms with Crippen LogP contribution in [0.5, 0.6) is 0 Å². The second-order valence-electron chi connectivity index (χ2n) is 4.15. The number of H-pyrrole nitrogens is 2. The molecule has 0 saturated carbocycles. The Kier molecular flexibility index (Phi) is 4.89. The highest BCUT2D eigenvalue weighted by atomic mass is 32.1. The highest BCUT2D eigenvalue weighted by Crippen LogP contribution is 2.13. The van der Waals surface area contributed by atoms with Gasteiger partial charge in [0.25, 0.3) is 0 Å². The molecule has 1 aromatic carbocycles. The average Bonchev–Trinajstić information content (AvgIpc) is 2.87. The Morgan fingerprint density at radius 3 is 2.50 bits per heavy atom. The maximum absolute atomic E-state index is 4.84. The maximum Gasteiger partial charge on any atom is 0.238 e. The molecule has 6 nitrogen and oxygen atoms in total. The molecule has 106 valence electrons. The number of rotatable bonds is 6. The minimum atomic E-state index is 0.395. The summed E-state index contributed by atoms with van der Waals surface area (Å²) in [7, 11) is 0. The number of aromatic amines is 2. The van der Waals surface area contributed by atoms with Crippen molar-refractivity contribution in [2.24, 2.45) is 5.10 Å². The third-order valence-electron chi connectivity index (χ3n) is 2.91. The van der Waals surface area contributed by atoms with Crippen LogP contribution in [0, 0.1) is 4.77 Å². The minimum absolute atomic E-state index is 0.395. The molecule has 0 saturated heterocycles. The zero-order valence-corrected chi connectivity index (χ0v) is 12.4. The number of aromatic nitrogens is 3. The summed E-state index contributed by atoms with van der Waals surface area (Å²) in [6.45, 7) is 6.31. The lowest BCUT2D eigenvalue weighted by atomic mass is 10.2. The topological polar surface area (TPSA) is 72.1 Å². The monoisotopic (exact) mass is 290 g/mol. The number of nitrogens with zero attached hydrogens (tertiary/aromatic N) is 3. The number of hydrogen-bond donors (Lipinski definition) is 3. The second-order valence-corrected chi connectivity index (χ2v) is 4.54. The van der Waals surface area contributed by atoms with Gasteiger partial charge in [0.15, 0.2) is 0 Å². The van der Waals surface area contributed by atoms with E-state index in [1.807, 2.05) is 12.1 Å². The van der Waals surface area contributed by atoms with Gasteiger partial charge in [0, 0.05) is 18.8 Å². The van der Waals surface area contributed by atoms with Crippen LogP contribution in [0.1, 0.15) is 19.4 Å². The van der Waals surface area contributed by atoms with E-state index < -0.39 is 0 Å². The second kappa shape index (κ2) is 6.85. The summed E-state index contributed by atoms with van der Waals surface area (Å²) in [5, 5.41) is 9.54. The molecule has 20 heavy (non-hydrogen) atoms. The zero-order chi connectivity index (χ0) is 14.4. The molecule has 1 aromatic heterocycles. The molecule has 7 heteroatoms. The first-order valence-corrected chi connectivity index (χ1v) is 6.92. The summed E-state index contributed by atoms with van der Waals surface area (Å²) in [5.41, 5.74) is 5.00. The Morgan fingerprint density at radius 1 is 1.25 bits per heavy atom. The predicted octanol–water partition coefficient (Wildman–Crippen LogP) is 2.76. The smallest absolute Gasteiger partial charge is 0.238 e. The number of hydrogen-bond acceptors (Lipinski definition) is 5. The fourth-order valence-corrected chi connectivity index (χ4v) is 1.99. The Morgan fingerprint density at radius 2 is 1.95 bits per heavy atom. The van der Waals surface area contributed by atoms with Gasteiger partial charge in [0.1, 0.15) is 0 Å². The summed E-state index contributed by atoms with van der Waals surface area (Å²) in [5.74, 6) is 0.492. The van der Waals surface area contributed by atoms with Gasteiger partial charge < -0.3 is 4.90 Å². The van der Waals surface area contributed by atoms with Gasteiger partial charge in [-0.1, -0.05) is 12.1 Å². The van der Waals surface area contributed by atoms with E-state index in [9.17, 15) is 0 Å². The van der Waals surface area contributed by atoms with Crippen LogP contribution in [0.4, 0.5) is 11.6 Å². The van der Waals surface area contributed by atoms with Crippen molar-refractivity contribution in [1.29, 1.82) is 0 Å². The van der Waals surface area contributed by atoms with Gasteiger partial charge >= 0.3 is 0 Å². The Labute approximate surface area is 122 Å². The van der Waals surface area contributed by atoms with Crippen LogP contribution in [0.15, 0.2) is 29.4 Å². The summed E-state index contributed by atoms with van der Waals surface area (Å²) in [6.07, 6.45) is 1.73. The van der Waals surface area contributed by atoms with Crippen LogP contribution in [-0.4, -0.2) is 34.5 Å². The van der Waals surface area contributed by atoms with E-state index in [0.29, 0.717) is 10.7 Å². The Bertz CT molecular complexity index is 608. The molecule has 3 N–H and O–H groups in total. The Hall–Kier alpha value is -2.15. The molecule has 2 rings (SSSR count). The quantitative estimate of drug-likeness (QED) is 0.434. The van der Waals surface area contributed by atoms with Crippen LogP contribution >= 0.6 is 12.2 Å². The Balaban J connectivity index is 1.98. The lowest BCUT2D eigenvalue weighted by molar-refractivity contribution is 0.866. The van der Waals surface area contributed by atoms with Crippen molar-refractivity contribution in [2.45, 2.75) is 13.8 Å². The first kappa shape index (κ1) is 14.3. The summed E-state index contributed by atoms with van der Waals surface area (Å²) in [6, 6.07) is 8.25. The highest BCUT2D eigenvalue weighted by molar-refractivity contribution is 7.71. The van der Waals surface area contributed by atoms with Gasteiger partial charge in [0.05, 0.1) is 6.21 Å². The highest BCUT2D eigenvalue weighted by Gasteiger charge is 2.00. The zero-order valence-electron chi connectivity index (χ0n) is 11.6. The number of benzene rings is 1. The van der Waals surface area contributed by atoms with Gasteiger partial charge in [-0.05, 0) is 43.8 Å². The van der Waals surface area contributed by atoms with Crippen LogP contribution in [-0.2, 0) is 0 Å². The standard InChI is InChI=1S/C13H18N6S/c1-3-19(4-2)11-7-5-10(6-8-11)9-14-16-12-15-13(20)18-17-12/h5-9H,3-4H2,1-2H3,(H3,15,16,17,18,20)/b14-9+. The fraction of sp³-hybridized carbons (Fsp3) is 0.308. The van der Waals surface area contributed by atoms with Crippen molar-refractivity contribution in [3.05, 3.63) is 34.6 Å². The molecule has 0 aliphatic heterocycles. The maximum atomic E-state index is 4.84. The SMILES string of the molecule is CCN(CC)c1ccc(/C=N/Nc2nc(=S)[nH][nH]2)cc1. The van der Waals surface area contributed by atoms with E-state index in [4.69, 9.17) is 12.2 Å². The van der Waals surface area contributed by atoms with E-state index in [1.165, 1.54) is 5.69 Å². The molecule has 0 fully saturated rings. The van der Waals surface area contributed by atoms with Gasteiger partial charge in [-0.3, -0.25) is 10.2 Å². The van der Waals surface area contributed by atoms with Crippen molar-refractivity contribution < 1.29 is 0 Å². The van der Waals surface area contributed by atoms with Gasteiger partial charge in [0.2, 0.25) is 10.7 Å². The van der Waals surface area contributed by atoms with Gasteiger partial charge in [-0.15, -0.1) is 0 Å². The molecule has 0 atom stereocenters. The van der Waals surface area contributed by atoms with E-state index in [-0.39, 0.29) is 0 Å². The van der Waals surface area contributed by atoms with Crippen molar-refractivity contribution in [2.75, 3.05) is 23.4 Å². The largest absolute Gasteiger partial charge is 0.372 e. The first-order valence-electron chi connectivity index (χ1n) is 6.51. The van der Waals surface area contributed by atoms with Crippen molar-refractivity contribution in [1.82, 2.24) is 15.2 Å². The molecule has 1 heterocycles.